The first kappa shape index (κ1) is 20.3. The first-order valence-electron chi connectivity index (χ1n) is 9.73. The van der Waals surface area contributed by atoms with Gasteiger partial charge in [-0.1, -0.05) is 54.6 Å². The van der Waals surface area contributed by atoms with Gasteiger partial charge in [-0.2, -0.15) is 0 Å². The van der Waals surface area contributed by atoms with Crippen LogP contribution in [0.5, 0.6) is 5.75 Å². The SMILES string of the molecule is Cc1ccccc1OCC(=O)NC(c1nnc(-c2ccccc2)o1)c1ccccc1F. The lowest BCUT2D eigenvalue weighted by Crippen LogP contribution is -2.34. The van der Waals surface area contributed by atoms with Gasteiger partial charge in [-0.05, 0) is 36.8 Å². The Morgan fingerprint density at radius 3 is 2.48 bits per heavy atom. The average molecular weight is 417 g/mol. The maximum Gasteiger partial charge on any atom is 0.258 e. The number of hydrogen-bond acceptors (Lipinski definition) is 5. The number of rotatable bonds is 7. The number of carbonyl (C=O) groups is 1. The van der Waals surface area contributed by atoms with Crippen molar-refractivity contribution in [3.63, 3.8) is 0 Å². The number of carbonyl (C=O) groups excluding carboxylic acids is 1. The zero-order chi connectivity index (χ0) is 21.6. The average Bonchev–Trinajstić information content (AvgIpc) is 3.28. The predicted molar refractivity (Wildman–Crippen MR) is 113 cm³/mol. The van der Waals surface area contributed by atoms with Crippen LogP contribution in [-0.2, 0) is 4.79 Å². The second-order valence-electron chi connectivity index (χ2n) is 6.89. The van der Waals surface area contributed by atoms with E-state index in [4.69, 9.17) is 9.15 Å². The summed E-state index contributed by atoms with van der Waals surface area (Å²) in [6, 6.07) is 21.8. The van der Waals surface area contributed by atoms with Crippen LogP contribution >= 0.6 is 0 Å². The first-order valence-corrected chi connectivity index (χ1v) is 9.73. The minimum Gasteiger partial charge on any atom is -0.484 e. The summed E-state index contributed by atoms with van der Waals surface area (Å²) in [5, 5.41) is 10.9. The summed E-state index contributed by atoms with van der Waals surface area (Å²) < 4.78 is 25.9. The minimum absolute atomic E-state index is 0.0770. The molecular weight excluding hydrogens is 397 g/mol. The van der Waals surface area contributed by atoms with Gasteiger partial charge in [0.1, 0.15) is 17.6 Å². The molecule has 156 valence electrons. The Balaban J connectivity index is 1.57. The van der Waals surface area contributed by atoms with E-state index in [1.807, 2.05) is 55.5 Å². The fraction of sp³-hybridized carbons (Fsp3) is 0.125. The number of amides is 1. The number of para-hydroxylation sites is 1. The highest BCUT2D eigenvalue weighted by Crippen LogP contribution is 2.26. The van der Waals surface area contributed by atoms with Crippen LogP contribution in [0.25, 0.3) is 11.5 Å². The minimum atomic E-state index is -0.959. The number of nitrogens with one attached hydrogen (secondary N) is 1. The summed E-state index contributed by atoms with van der Waals surface area (Å²) >= 11 is 0. The van der Waals surface area contributed by atoms with Crippen LogP contribution in [0.3, 0.4) is 0 Å². The molecule has 7 heteroatoms. The van der Waals surface area contributed by atoms with E-state index in [9.17, 15) is 9.18 Å². The normalized spacial score (nSPS) is 11.7. The van der Waals surface area contributed by atoms with Crippen molar-refractivity contribution in [1.29, 1.82) is 0 Å². The summed E-state index contributed by atoms with van der Waals surface area (Å²) in [7, 11) is 0. The molecule has 0 saturated heterocycles. The van der Waals surface area contributed by atoms with Gasteiger partial charge < -0.3 is 14.5 Å². The van der Waals surface area contributed by atoms with Gasteiger partial charge in [-0.3, -0.25) is 4.79 Å². The van der Waals surface area contributed by atoms with Crippen molar-refractivity contribution in [1.82, 2.24) is 15.5 Å². The van der Waals surface area contributed by atoms with Crippen LogP contribution in [0.2, 0.25) is 0 Å². The number of aryl methyl sites for hydroxylation is 1. The molecule has 3 aromatic carbocycles. The molecule has 0 spiro atoms. The summed E-state index contributed by atoms with van der Waals surface area (Å²) in [4.78, 5) is 12.6. The maximum absolute atomic E-state index is 14.5. The number of halogens is 1. The third-order valence-corrected chi connectivity index (χ3v) is 4.68. The third-order valence-electron chi connectivity index (χ3n) is 4.68. The second kappa shape index (κ2) is 9.21. The van der Waals surface area contributed by atoms with E-state index >= 15 is 0 Å². The molecule has 0 aliphatic heterocycles. The molecule has 0 saturated carbocycles. The predicted octanol–water partition coefficient (Wildman–Crippen LogP) is 4.47. The van der Waals surface area contributed by atoms with E-state index < -0.39 is 17.8 Å². The van der Waals surface area contributed by atoms with E-state index in [0.29, 0.717) is 5.75 Å². The zero-order valence-corrected chi connectivity index (χ0v) is 16.8. The van der Waals surface area contributed by atoms with Crippen LogP contribution in [-0.4, -0.2) is 22.7 Å². The highest BCUT2D eigenvalue weighted by molar-refractivity contribution is 5.78. The molecule has 1 N–H and O–H groups in total. The standard InChI is InChI=1S/C24H20FN3O3/c1-16-9-5-8-14-20(16)30-15-21(29)26-22(18-12-6-7-13-19(18)25)24-28-27-23(31-24)17-10-3-2-4-11-17/h2-14,22H,15H2,1H3,(H,26,29). The molecule has 0 bridgehead atoms. The molecular formula is C24H20FN3O3. The molecule has 4 rings (SSSR count). The monoisotopic (exact) mass is 417 g/mol. The molecule has 0 aliphatic rings. The van der Waals surface area contributed by atoms with Gasteiger partial charge in [0.2, 0.25) is 11.8 Å². The second-order valence-corrected chi connectivity index (χ2v) is 6.89. The molecule has 0 fully saturated rings. The largest absolute Gasteiger partial charge is 0.484 e. The summed E-state index contributed by atoms with van der Waals surface area (Å²) in [6.45, 7) is 1.65. The molecule has 1 atom stereocenters. The summed E-state index contributed by atoms with van der Waals surface area (Å²) in [5.74, 6) is 0.0165. The summed E-state index contributed by atoms with van der Waals surface area (Å²) in [5.41, 5.74) is 1.85. The Morgan fingerprint density at radius 1 is 1.00 bits per heavy atom. The van der Waals surface area contributed by atoms with E-state index in [1.54, 1.807) is 24.3 Å². The molecule has 4 aromatic rings. The maximum atomic E-state index is 14.5. The molecule has 1 unspecified atom stereocenters. The highest BCUT2D eigenvalue weighted by Gasteiger charge is 2.26. The highest BCUT2D eigenvalue weighted by atomic mass is 19.1. The van der Waals surface area contributed by atoms with E-state index in [2.05, 4.69) is 15.5 Å². The number of hydrogen-bond donors (Lipinski definition) is 1. The van der Waals surface area contributed by atoms with Gasteiger partial charge in [0, 0.05) is 11.1 Å². The van der Waals surface area contributed by atoms with Crippen LogP contribution in [0.1, 0.15) is 23.1 Å². The molecule has 0 aliphatic carbocycles. The van der Waals surface area contributed by atoms with E-state index in [1.165, 1.54) is 6.07 Å². The van der Waals surface area contributed by atoms with Crippen LogP contribution in [0.4, 0.5) is 4.39 Å². The lowest BCUT2D eigenvalue weighted by Gasteiger charge is -2.17. The van der Waals surface area contributed by atoms with Crippen LogP contribution in [0, 0.1) is 12.7 Å². The molecule has 0 radical (unpaired) electrons. The molecule has 31 heavy (non-hydrogen) atoms. The Labute approximate surface area is 178 Å². The lowest BCUT2D eigenvalue weighted by atomic mass is 10.1. The van der Waals surface area contributed by atoms with Crippen molar-refractivity contribution in [2.45, 2.75) is 13.0 Å². The summed E-state index contributed by atoms with van der Waals surface area (Å²) in [6.07, 6.45) is 0. The van der Waals surface area contributed by atoms with Crippen LogP contribution in [0.15, 0.2) is 83.3 Å². The van der Waals surface area contributed by atoms with Gasteiger partial charge in [-0.25, -0.2) is 4.39 Å². The topological polar surface area (TPSA) is 77.2 Å². The zero-order valence-electron chi connectivity index (χ0n) is 16.8. The van der Waals surface area contributed by atoms with E-state index in [-0.39, 0.29) is 24.0 Å². The Kier molecular flexibility index (Phi) is 6.03. The van der Waals surface area contributed by atoms with Gasteiger partial charge in [0.25, 0.3) is 5.91 Å². The van der Waals surface area contributed by atoms with Crippen molar-refractivity contribution in [2.24, 2.45) is 0 Å². The molecule has 1 heterocycles. The first-order chi connectivity index (χ1) is 15.1. The van der Waals surface area contributed by atoms with E-state index in [0.717, 1.165) is 11.1 Å². The molecule has 1 amide bonds. The van der Waals surface area contributed by atoms with Crippen molar-refractivity contribution < 1.29 is 18.3 Å². The van der Waals surface area contributed by atoms with Crippen molar-refractivity contribution in [3.05, 3.63) is 102 Å². The Bertz CT molecular complexity index is 1180. The third kappa shape index (κ3) is 4.78. The van der Waals surface area contributed by atoms with Crippen molar-refractivity contribution in [2.75, 3.05) is 6.61 Å². The quantitative estimate of drug-likeness (QED) is 0.480. The molecule has 1 aromatic heterocycles. The van der Waals surface area contributed by atoms with Crippen LogP contribution < -0.4 is 10.1 Å². The fourth-order valence-electron chi connectivity index (χ4n) is 3.09. The fourth-order valence-corrected chi connectivity index (χ4v) is 3.09. The number of benzene rings is 3. The lowest BCUT2D eigenvalue weighted by molar-refractivity contribution is -0.123. The number of nitrogens with zero attached hydrogens (tertiary/aromatic N) is 2. The van der Waals surface area contributed by atoms with Gasteiger partial charge in [0.15, 0.2) is 6.61 Å². The van der Waals surface area contributed by atoms with Crippen molar-refractivity contribution >= 4 is 5.91 Å². The Morgan fingerprint density at radius 2 is 1.71 bits per heavy atom. The van der Waals surface area contributed by atoms with Gasteiger partial charge in [0.05, 0.1) is 0 Å². The van der Waals surface area contributed by atoms with Crippen molar-refractivity contribution in [3.8, 4) is 17.2 Å². The number of ether oxygens (including phenoxy) is 1. The number of aromatic nitrogens is 2. The van der Waals surface area contributed by atoms with Gasteiger partial charge in [-0.15, -0.1) is 10.2 Å². The Hall–Kier alpha value is -4.00. The van der Waals surface area contributed by atoms with Gasteiger partial charge >= 0.3 is 0 Å². The smallest absolute Gasteiger partial charge is 0.258 e. The molecule has 6 nitrogen and oxygen atoms in total.